The highest BCUT2D eigenvalue weighted by atomic mass is 16.5. The van der Waals surface area contributed by atoms with Gasteiger partial charge in [0.05, 0.1) is 12.7 Å². The van der Waals surface area contributed by atoms with Gasteiger partial charge in [0.2, 0.25) is 0 Å². The standard InChI is InChI=1S/C16H28N4O/c1-4-18-14(10-13-6-5-7-19-16(13)17)15-11-20(12(2)3)8-9-21-15/h5-7,12,14-15,18H,4,8-11H2,1-3H3,(H2,17,19). The Morgan fingerprint density at radius 2 is 2.33 bits per heavy atom. The van der Waals surface area contributed by atoms with Crippen LogP contribution in [0.5, 0.6) is 0 Å². The molecule has 5 nitrogen and oxygen atoms in total. The highest BCUT2D eigenvalue weighted by Crippen LogP contribution is 2.17. The van der Waals surface area contributed by atoms with Gasteiger partial charge in [0.1, 0.15) is 5.82 Å². The molecule has 2 unspecified atom stereocenters. The molecule has 0 saturated carbocycles. The molecule has 0 amide bonds. The van der Waals surface area contributed by atoms with Gasteiger partial charge < -0.3 is 15.8 Å². The van der Waals surface area contributed by atoms with Gasteiger partial charge in [-0.15, -0.1) is 0 Å². The van der Waals surface area contributed by atoms with Gasteiger partial charge in [-0.25, -0.2) is 4.98 Å². The summed E-state index contributed by atoms with van der Waals surface area (Å²) in [5.41, 5.74) is 7.07. The number of nitrogen functional groups attached to an aromatic ring is 1. The van der Waals surface area contributed by atoms with E-state index in [1.165, 1.54) is 0 Å². The summed E-state index contributed by atoms with van der Waals surface area (Å²) in [5, 5.41) is 3.55. The van der Waals surface area contributed by atoms with Crippen molar-refractivity contribution >= 4 is 5.82 Å². The molecule has 0 aliphatic carbocycles. The maximum Gasteiger partial charge on any atom is 0.126 e. The first-order valence-corrected chi connectivity index (χ1v) is 7.90. The second-order valence-electron chi connectivity index (χ2n) is 5.91. The maximum atomic E-state index is 6.02. The average molecular weight is 292 g/mol. The lowest BCUT2D eigenvalue weighted by Crippen LogP contribution is -2.54. The number of pyridine rings is 1. The summed E-state index contributed by atoms with van der Waals surface area (Å²) in [6.07, 6.45) is 2.78. The van der Waals surface area contributed by atoms with E-state index in [1.54, 1.807) is 6.20 Å². The van der Waals surface area contributed by atoms with Gasteiger partial charge in [-0.3, -0.25) is 4.90 Å². The monoisotopic (exact) mass is 292 g/mol. The van der Waals surface area contributed by atoms with Crippen molar-refractivity contribution in [3.63, 3.8) is 0 Å². The molecular formula is C16H28N4O. The van der Waals surface area contributed by atoms with Crippen molar-refractivity contribution in [1.82, 2.24) is 15.2 Å². The molecular weight excluding hydrogens is 264 g/mol. The van der Waals surface area contributed by atoms with E-state index in [2.05, 4.69) is 42.0 Å². The van der Waals surface area contributed by atoms with Crippen LogP contribution in [0, 0.1) is 0 Å². The normalized spacial score (nSPS) is 21.6. The van der Waals surface area contributed by atoms with Gasteiger partial charge in [0.15, 0.2) is 0 Å². The summed E-state index contributed by atoms with van der Waals surface area (Å²) >= 11 is 0. The third kappa shape index (κ3) is 4.40. The van der Waals surface area contributed by atoms with Crippen molar-refractivity contribution in [3.05, 3.63) is 23.9 Å². The summed E-state index contributed by atoms with van der Waals surface area (Å²) in [4.78, 5) is 6.66. The Morgan fingerprint density at radius 1 is 1.52 bits per heavy atom. The lowest BCUT2D eigenvalue weighted by atomic mass is 9.99. The van der Waals surface area contributed by atoms with E-state index in [9.17, 15) is 0 Å². The zero-order valence-corrected chi connectivity index (χ0v) is 13.4. The molecule has 21 heavy (non-hydrogen) atoms. The summed E-state index contributed by atoms with van der Waals surface area (Å²) in [6, 6.07) is 4.82. The number of hydrogen-bond donors (Lipinski definition) is 2. The Kier molecular flexibility index (Phi) is 5.96. The number of anilines is 1. The Labute approximate surface area is 127 Å². The molecule has 0 bridgehead atoms. The third-order valence-electron chi connectivity index (χ3n) is 4.14. The number of nitrogens with one attached hydrogen (secondary N) is 1. The average Bonchev–Trinajstić information content (AvgIpc) is 2.49. The van der Waals surface area contributed by atoms with Crippen molar-refractivity contribution < 1.29 is 4.74 Å². The minimum atomic E-state index is 0.195. The first-order chi connectivity index (χ1) is 10.1. The molecule has 1 saturated heterocycles. The van der Waals surface area contributed by atoms with E-state index in [0.717, 1.165) is 38.2 Å². The summed E-state index contributed by atoms with van der Waals surface area (Å²) in [7, 11) is 0. The smallest absolute Gasteiger partial charge is 0.126 e. The highest BCUT2D eigenvalue weighted by molar-refractivity contribution is 5.39. The van der Waals surface area contributed by atoms with Crippen LogP contribution in [-0.2, 0) is 11.2 Å². The number of ether oxygens (including phenoxy) is 1. The van der Waals surface area contributed by atoms with Gasteiger partial charge >= 0.3 is 0 Å². The molecule has 1 aliphatic rings. The Hall–Kier alpha value is -1.17. The topological polar surface area (TPSA) is 63.4 Å². The molecule has 2 rings (SSSR count). The predicted molar refractivity (Wildman–Crippen MR) is 86.3 cm³/mol. The number of aromatic nitrogens is 1. The highest BCUT2D eigenvalue weighted by Gasteiger charge is 2.29. The third-order valence-corrected chi connectivity index (χ3v) is 4.14. The SMILES string of the molecule is CCNC(Cc1cccnc1N)C1CN(C(C)C)CCO1. The Bertz CT molecular complexity index is 438. The minimum absolute atomic E-state index is 0.195. The zero-order valence-electron chi connectivity index (χ0n) is 13.4. The molecule has 1 aromatic rings. The number of likely N-dealkylation sites (N-methyl/N-ethyl adjacent to an activating group) is 1. The van der Waals surface area contributed by atoms with E-state index in [1.807, 2.05) is 6.07 Å². The first-order valence-electron chi connectivity index (χ1n) is 7.90. The van der Waals surface area contributed by atoms with Crippen LogP contribution in [-0.4, -0.2) is 54.3 Å². The van der Waals surface area contributed by atoms with Crippen LogP contribution in [0.25, 0.3) is 0 Å². The molecule has 5 heteroatoms. The summed E-state index contributed by atoms with van der Waals surface area (Å²) in [6.45, 7) is 10.3. The number of nitrogens with two attached hydrogens (primary N) is 1. The van der Waals surface area contributed by atoms with Crippen LogP contribution in [0.3, 0.4) is 0 Å². The van der Waals surface area contributed by atoms with Crippen LogP contribution in [0.2, 0.25) is 0 Å². The summed E-state index contributed by atoms with van der Waals surface area (Å²) < 4.78 is 6.02. The van der Waals surface area contributed by atoms with E-state index in [-0.39, 0.29) is 12.1 Å². The second kappa shape index (κ2) is 7.73. The minimum Gasteiger partial charge on any atom is -0.383 e. The van der Waals surface area contributed by atoms with E-state index in [0.29, 0.717) is 11.9 Å². The maximum absolute atomic E-state index is 6.02. The van der Waals surface area contributed by atoms with Gasteiger partial charge in [0, 0.05) is 31.4 Å². The summed E-state index contributed by atoms with van der Waals surface area (Å²) in [5.74, 6) is 0.622. The fourth-order valence-electron chi connectivity index (χ4n) is 2.87. The van der Waals surface area contributed by atoms with Crippen LogP contribution >= 0.6 is 0 Å². The molecule has 0 aromatic carbocycles. The fraction of sp³-hybridized carbons (Fsp3) is 0.688. The zero-order chi connectivity index (χ0) is 15.2. The number of hydrogen-bond acceptors (Lipinski definition) is 5. The molecule has 1 aliphatic heterocycles. The largest absolute Gasteiger partial charge is 0.383 e. The molecule has 2 heterocycles. The predicted octanol–water partition coefficient (Wildman–Crippen LogP) is 1.29. The molecule has 3 N–H and O–H groups in total. The molecule has 2 atom stereocenters. The molecule has 1 aromatic heterocycles. The molecule has 118 valence electrons. The van der Waals surface area contributed by atoms with Crippen molar-refractivity contribution in [3.8, 4) is 0 Å². The van der Waals surface area contributed by atoms with Crippen LogP contribution in [0.4, 0.5) is 5.82 Å². The van der Waals surface area contributed by atoms with E-state index in [4.69, 9.17) is 10.5 Å². The van der Waals surface area contributed by atoms with Gasteiger partial charge in [-0.1, -0.05) is 13.0 Å². The number of nitrogens with zero attached hydrogens (tertiary/aromatic N) is 2. The Morgan fingerprint density at radius 3 is 3.00 bits per heavy atom. The van der Waals surface area contributed by atoms with Crippen LogP contribution in [0.15, 0.2) is 18.3 Å². The number of morpholine rings is 1. The molecule has 0 radical (unpaired) electrons. The quantitative estimate of drug-likeness (QED) is 0.827. The molecule has 0 spiro atoms. The van der Waals surface area contributed by atoms with Crippen molar-refractivity contribution in [1.29, 1.82) is 0 Å². The van der Waals surface area contributed by atoms with Crippen molar-refractivity contribution in [2.45, 2.75) is 45.4 Å². The second-order valence-corrected chi connectivity index (χ2v) is 5.91. The fourth-order valence-corrected chi connectivity index (χ4v) is 2.87. The molecule has 1 fully saturated rings. The van der Waals surface area contributed by atoms with E-state index < -0.39 is 0 Å². The lowest BCUT2D eigenvalue weighted by Gasteiger charge is -2.39. The van der Waals surface area contributed by atoms with E-state index >= 15 is 0 Å². The number of rotatable bonds is 6. The van der Waals surface area contributed by atoms with Crippen LogP contribution in [0.1, 0.15) is 26.3 Å². The van der Waals surface area contributed by atoms with Gasteiger partial charge in [-0.2, -0.15) is 0 Å². The lowest BCUT2D eigenvalue weighted by molar-refractivity contribution is -0.0549. The first kappa shape index (κ1) is 16.2. The Balaban J connectivity index is 2.06. The van der Waals surface area contributed by atoms with Gasteiger partial charge in [-0.05, 0) is 38.4 Å². The van der Waals surface area contributed by atoms with Crippen molar-refractivity contribution in [2.75, 3.05) is 32.0 Å². The van der Waals surface area contributed by atoms with Crippen molar-refractivity contribution in [2.24, 2.45) is 0 Å². The van der Waals surface area contributed by atoms with Crippen LogP contribution < -0.4 is 11.1 Å². The van der Waals surface area contributed by atoms with Gasteiger partial charge in [0.25, 0.3) is 0 Å².